The van der Waals surface area contributed by atoms with Crippen molar-refractivity contribution in [3.63, 3.8) is 0 Å². The largest absolute Gasteiger partial charge is 0.468 e. The Bertz CT molecular complexity index is 596. The van der Waals surface area contributed by atoms with E-state index in [1.165, 1.54) is 39.2 Å². The van der Waals surface area contributed by atoms with E-state index in [-0.39, 0.29) is 23.0 Å². The number of aliphatic hydroxyl groups excluding tert-OH is 2. The first-order chi connectivity index (χ1) is 13.9. The van der Waals surface area contributed by atoms with Crippen molar-refractivity contribution in [2.24, 2.45) is 17.8 Å². The topological polar surface area (TPSA) is 83.8 Å². The molecule has 2 fully saturated rings. The van der Waals surface area contributed by atoms with Crippen LogP contribution in [-0.4, -0.2) is 56.6 Å². The van der Waals surface area contributed by atoms with Crippen molar-refractivity contribution in [2.45, 2.75) is 81.8 Å². The first-order valence-electron chi connectivity index (χ1n) is 10.8. The van der Waals surface area contributed by atoms with Gasteiger partial charge in [0.15, 0.2) is 0 Å². The van der Waals surface area contributed by atoms with E-state index < -0.39 is 29.0 Å². The minimum absolute atomic E-state index is 0.0649. The van der Waals surface area contributed by atoms with Crippen LogP contribution >= 0.6 is 11.6 Å². The third-order valence-electron chi connectivity index (χ3n) is 6.17. The van der Waals surface area contributed by atoms with Crippen molar-refractivity contribution in [3.05, 3.63) is 0 Å². The highest BCUT2D eigenvalue weighted by Gasteiger charge is 2.40. The van der Waals surface area contributed by atoms with Crippen molar-refractivity contribution in [1.82, 2.24) is 0 Å². The quantitative estimate of drug-likeness (QED) is 0.246. The third-order valence-corrected chi connectivity index (χ3v) is 7.97. The lowest BCUT2D eigenvalue weighted by molar-refractivity contribution is -0.137. The predicted octanol–water partition coefficient (Wildman–Crippen LogP) is 3.02. The number of halogens is 1. The zero-order chi connectivity index (χ0) is 21.2. The van der Waals surface area contributed by atoms with Crippen LogP contribution < -0.4 is 0 Å². The molecule has 0 heterocycles. The highest BCUT2D eigenvalue weighted by Crippen LogP contribution is 2.39. The molecule has 0 bridgehead atoms. The zero-order valence-corrected chi connectivity index (χ0v) is 18.9. The van der Waals surface area contributed by atoms with Gasteiger partial charge >= 0.3 is 5.97 Å². The molecule has 166 valence electrons. The van der Waals surface area contributed by atoms with Crippen molar-refractivity contribution in [1.29, 1.82) is 0 Å². The number of ether oxygens (including phenoxy) is 1. The van der Waals surface area contributed by atoms with Gasteiger partial charge in [-0.2, -0.15) is 0 Å². The van der Waals surface area contributed by atoms with Crippen LogP contribution in [0.5, 0.6) is 0 Å². The maximum absolute atomic E-state index is 11.8. The summed E-state index contributed by atoms with van der Waals surface area (Å²) in [5.41, 5.74) is 0. The van der Waals surface area contributed by atoms with Crippen molar-refractivity contribution in [2.75, 3.05) is 18.6 Å². The van der Waals surface area contributed by atoms with Crippen LogP contribution in [0.3, 0.4) is 0 Å². The van der Waals surface area contributed by atoms with Crippen molar-refractivity contribution < 1.29 is 24.0 Å². The van der Waals surface area contributed by atoms with Gasteiger partial charge in [-0.05, 0) is 37.5 Å². The summed E-state index contributed by atoms with van der Waals surface area (Å²) >= 11 is 6.46. The van der Waals surface area contributed by atoms with Gasteiger partial charge in [0, 0.05) is 21.9 Å². The molecule has 2 aliphatic rings. The number of methoxy groups -OCH3 is 1. The van der Waals surface area contributed by atoms with Gasteiger partial charge in [-0.1, -0.05) is 50.4 Å². The molecule has 0 spiro atoms. The van der Waals surface area contributed by atoms with Crippen LogP contribution in [-0.2, 0) is 20.3 Å². The summed E-state index contributed by atoms with van der Waals surface area (Å²) in [6.45, 7) is 0. The Hall–Kier alpha value is -0.610. The van der Waals surface area contributed by atoms with Gasteiger partial charge in [0.2, 0.25) is 0 Å². The number of carbonyl (C=O) groups excluding carboxylic acids is 1. The van der Waals surface area contributed by atoms with Crippen LogP contribution in [0.15, 0.2) is 0 Å². The molecule has 2 N–H and O–H groups in total. The maximum atomic E-state index is 11.8. The van der Waals surface area contributed by atoms with Gasteiger partial charge in [-0.3, -0.25) is 9.00 Å². The fourth-order valence-electron chi connectivity index (χ4n) is 4.52. The van der Waals surface area contributed by atoms with Gasteiger partial charge in [-0.15, -0.1) is 11.6 Å². The molecular formula is C22H35ClO5S. The van der Waals surface area contributed by atoms with E-state index in [9.17, 15) is 19.2 Å². The molecule has 0 radical (unpaired) electrons. The summed E-state index contributed by atoms with van der Waals surface area (Å²) in [7, 11) is 0.0815. The lowest BCUT2D eigenvalue weighted by Gasteiger charge is -2.22. The minimum Gasteiger partial charge on any atom is -0.468 e. The van der Waals surface area contributed by atoms with E-state index in [4.69, 9.17) is 11.6 Å². The van der Waals surface area contributed by atoms with Crippen LogP contribution in [0.4, 0.5) is 0 Å². The maximum Gasteiger partial charge on any atom is 0.318 e. The normalized spacial score (nSPS) is 29.7. The average molecular weight is 447 g/mol. The Morgan fingerprint density at radius 2 is 2.00 bits per heavy atom. The smallest absolute Gasteiger partial charge is 0.318 e. The number of hydrogen-bond acceptors (Lipinski definition) is 5. The molecule has 2 unspecified atom stereocenters. The first-order valence-corrected chi connectivity index (χ1v) is 12.8. The number of aliphatic hydroxyl groups is 2. The first kappa shape index (κ1) is 24.7. The minimum atomic E-state index is -1.21. The molecule has 0 aliphatic heterocycles. The van der Waals surface area contributed by atoms with Crippen LogP contribution in [0, 0.1) is 29.6 Å². The SMILES string of the molecule is COC(=O)CS(=O)CCCC[C@@H]1[C@@H](C#CC(O)CC2CCCCC2)[C@H](O)C[C@H]1Cl. The molecule has 6 atom stereocenters. The van der Waals surface area contributed by atoms with Crippen LogP contribution in [0.1, 0.15) is 64.2 Å². The number of hydrogen-bond donors (Lipinski definition) is 2. The second-order valence-corrected chi connectivity index (χ2v) is 10.6. The fourth-order valence-corrected chi connectivity index (χ4v) is 6.04. The fraction of sp³-hybridized carbons (Fsp3) is 0.864. The van der Waals surface area contributed by atoms with Gasteiger partial charge < -0.3 is 14.9 Å². The Kier molecular flexibility index (Phi) is 11.0. The van der Waals surface area contributed by atoms with Crippen LogP contribution in [0.2, 0.25) is 0 Å². The van der Waals surface area contributed by atoms with Crippen LogP contribution in [0.25, 0.3) is 0 Å². The molecule has 2 aliphatic carbocycles. The van der Waals surface area contributed by atoms with Gasteiger partial charge in [0.25, 0.3) is 0 Å². The summed E-state index contributed by atoms with van der Waals surface area (Å²) in [6.07, 6.45) is 8.49. The van der Waals surface area contributed by atoms with E-state index in [2.05, 4.69) is 16.6 Å². The van der Waals surface area contributed by atoms with E-state index in [1.807, 2.05) is 0 Å². The summed E-state index contributed by atoms with van der Waals surface area (Å²) in [5.74, 6) is 6.44. The number of carbonyl (C=O) groups is 1. The van der Waals surface area contributed by atoms with Gasteiger partial charge in [-0.25, -0.2) is 0 Å². The average Bonchev–Trinajstić information content (AvgIpc) is 2.96. The molecule has 0 saturated heterocycles. The lowest BCUT2D eigenvalue weighted by Crippen LogP contribution is -2.21. The van der Waals surface area contributed by atoms with E-state index >= 15 is 0 Å². The lowest BCUT2D eigenvalue weighted by atomic mass is 9.85. The summed E-state index contributed by atoms with van der Waals surface area (Å²) in [6, 6.07) is 0. The van der Waals surface area contributed by atoms with E-state index in [0.717, 1.165) is 25.7 Å². The second-order valence-electron chi connectivity index (χ2n) is 8.41. The number of alkyl halides is 1. The molecule has 5 nitrogen and oxygen atoms in total. The summed E-state index contributed by atoms with van der Waals surface area (Å²) in [4.78, 5) is 11.1. The highest BCUT2D eigenvalue weighted by atomic mass is 35.5. The molecule has 0 aromatic rings. The predicted molar refractivity (Wildman–Crippen MR) is 116 cm³/mol. The molecule has 7 heteroatoms. The number of esters is 1. The Balaban J connectivity index is 1.79. The summed E-state index contributed by atoms with van der Waals surface area (Å²) < 4.78 is 16.4. The Morgan fingerprint density at radius 1 is 1.28 bits per heavy atom. The molecule has 0 amide bonds. The highest BCUT2D eigenvalue weighted by molar-refractivity contribution is 7.85. The Labute approximate surface area is 182 Å². The van der Waals surface area contributed by atoms with Gasteiger partial charge in [0.05, 0.1) is 19.1 Å². The number of unbranched alkanes of at least 4 members (excludes halogenated alkanes) is 1. The van der Waals surface area contributed by atoms with Crippen molar-refractivity contribution in [3.8, 4) is 11.8 Å². The molecule has 0 aromatic heterocycles. The monoisotopic (exact) mass is 446 g/mol. The van der Waals surface area contributed by atoms with Gasteiger partial charge in [0.1, 0.15) is 11.9 Å². The molecule has 2 saturated carbocycles. The molecule has 0 aromatic carbocycles. The third kappa shape index (κ3) is 8.57. The molecular weight excluding hydrogens is 412 g/mol. The number of rotatable bonds is 9. The Morgan fingerprint density at radius 3 is 2.69 bits per heavy atom. The van der Waals surface area contributed by atoms with E-state index in [1.54, 1.807) is 0 Å². The second kappa shape index (κ2) is 12.9. The standard InChI is InChI=1S/C22H35ClO5S/c1-28-22(26)15-29(27)12-6-5-9-18-19(21(25)14-20(18)23)11-10-17(24)13-16-7-3-2-4-8-16/h16-21,24-25H,2-9,12-15H2,1H3/t17?,18-,19-,20-,21-,29?/m1/s1. The molecule has 2 rings (SSSR count). The van der Waals surface area contributed by atoms with E-state index in [0.29, 0.717) is 18.1 Å². The summed E-state index contributed by atoms with van der Waals surface area (Å²) in [5, 5.41) is 20.5. The van der Waals surface area contributed by atoms with Crippen molar-refractivity contribution >= 4 is 28.4 Å². The molecule has 29 heavy (non-hydrogen) atoms. The zero-order valence-electron chi connectivity index (χ0n) is 17.4.